The molecule has 6 aromatic carbocycles. The van der Waals surface area contributed by atoms with E-state index >= 15 is 0 Å². The summed E-state index contributed by atoms with van der Waals surface area (Å²) in [6.45, 7) is 13.4. The second kappa shape index (κ2) is 12.1. The maximum Gasteiger partial charge on any atom is 0.249 e. The first-order valence-electron chi connectivity index (χ1n) is 15.4. The third kappa shape index (κ3) is 5.05. The monoisotopic (exact) mass is 606 g/mol. The molecule has 0 heterocycles. The van der Waals surface area contributed by atoms with Crippen molar-refractivity contribution in [3.8, 4) is 33.4 Å². The van der Waals surface area contributed by atoms with E-state index < -0.39 is 7.38 Å². The van der Waals surface area contributed by atoms with Crippen molar-refractivity contribution in [1.29, 1.82) is 0 Å². The molecule has 0 aliphatic carbocycles. The van der Waals surface area contributed by atoms with Gasteiger partial charge in [0.05, 0.1) is 0 Å². The van der Waals surface area contributed by atoms with Gasteiger partial charge in [0, 0.05) is 0 Å². The number of hydrogen-bond acceptors (Lipinski definition) is 0. The fourth-order valence-corrected chi connectivity index (χ4v) is 11.9. The molecule has 0 N–H and O–H groups in total. The Morgan fingerprint density at radius 1 is 0.341 bits per heavy atom. The van der Waals surface area contributed by atoms with Gasteiger partial charge in [-0.15, -0.1) is 11.1 Å². The highest BCUT2D eigenvalue weighted by atomic mass is 35.6. The molecule has 6 rings (SSSR count). The highest BCUT2D eigenvalue weighted by molar-refractivity contribution is 7.41. The lowest BCUT2D eigenvalue weighted by Crippen LogP contribution is -2.65. The van der Waals surface area contributed by atoms with Gasteiger partial charge < -0.3 is 0 Å². The largest absolute Gasteiger partial charge is 0.249 e. The molecule has 0 spiro atoms. The summed E-state index contributed by atoms with van der Waals surface area (Å²) < 4.78 is 0. The fraction of sp³-hybridized carbons (Fsp3) is 0.143. The summed E-state index contributed by atoms with van der Waals surface area (Å²) in [6, 6.07) is 46.3. The maximum absolute atomic E-state index is 8.69. The lowest BCUT2D eigenvalue weighted by molar-refractivity contribution is 1.34. The van der Waals surface area contributed by atoms with Gasteiger partial charge in [0.25, 0.3) is 0 Å². The fourth-order valence-electron chi connectivity index (χ4n) is 6.67. The predicted octanol–water partition coefficient (Wildman–Crippen LogP) is 9.74. The molecule has 0 bridgehead atoms. The van der Waals surface area contributed by atoms with Gasteiger partial charge >= 0.3 is 0 Å². The molecule has 0 saturated carbocycles. The summed E-state index contributed by atoms with van der Waals surface area (Å²) in [6.07, 6.45) is 0. The Hall–Kier alpha value is -4.17. The van der Waals surface area contributed by atoms with E-state index in [1.807, 2.05) is 0 Å². The summed E-state index contributed by atoms with van der Waals surface area (Å²) in [7, 11) is -3.25. The summed E-state index contributed by atoms with van der Waals surface area (Å²) in [4.78, 5) is 0. The molecule has 0 atom stereocenters. The second-order valence-electron chi connectivity index (χ2n) is 12.0. The molecule has 44 heavy (non-hydrogen) atoms. The normalized spacial score (nSPS) is 11.5. The zero-order valence-electron chi connectivity index (χ0n) is 26.5. The Balaban J connectivity index is 1.84. The van der Waals surface area contributed by atoms with E-state index in [1.165, 1.54) is 82.3 Å². The van der Waals surface area contributed by atoms with Crippen LogP contribution in [0.4, 0.5) is 0 Å². The van der Waals surface area contributed by atoms with Crippen LogP contribution < -0.4 is 15.6 Å². The van der Waals surface area contributed by atoms with Gasteiger partial charge in [-0.3, -0.25) is 0 Å². The Morgan fingerprint density at radius 3 is 0.841 bits per heavy atom. The highest BCUT2D eigenvalue weighted by Crippen LogP contribution is 2.35. The van der Waals surface area contributed by atoms with Crippen molar-refractivity contribution in [1.82, 2.24) is 0 Å². The van der Waals surface area contributed by atoms with Crippen molar-refractivity contribution in [3.63, 3.8) is 0 Å². The first-order chi connectivity index (χ1) is 21.2. The van der Waals surface area contributed by atoms with E-state index in [4.69, 9.17) is 11.1 Å². The van der Waals surface area contributed by atoms with Crippen LogP contribution in [-0.4, -0.2) is 7.38 Å². The van der Waals surface area contributed by atoms with Crippen LogP contribution in [0.3, 0.4) is 0 Å². The average molecular weight is 607 g/mol. The average Bonchev–Trinajstić information content (AvgIpc) is 3.05. The lowest BCUT2D eigenvalue weighted by atomic mass is 9.96. The van der Waals surface area contributed by atoms with E-state index in [1.54, 1.807) is 0 Å². The van der Waals surface area contributed by atoms with Crippen LogP contribution in [0.25, 0.3) is 33.4 Å². The number of aryl methyl sites for hydroxylation is 3. The van der Waals surface area contributed by atoms with Gasteiger partial charge in [-0.25, -0.2) is 0 Å². The molecule has 0 nitrogen and oxygen atoms in total. The minimum atomic E-state index is -3.25. The van der Waals surface area contributed by atoms with Gasteiger partial charge in [0.15, 0.2) is 0 Å². The lowest BCUT2D eigenvalue weighted by Gasteiger charge is -2.35. The van der Waals surface area contributed by atoms with E-state index in [0.717, 1.165) is 0 Å². The number of hydrogen-bond donors (Lipinski definition) is 0. The molecular formula is C42H39ClSi. The van der Waals surface area contributed by atoms with Crippen molar-refractivity contribution in [2.24, 2.45) is 0 Å². The summed E-state index contributed by atoms with van der Waals surface area (Å²) in [5.41, 5.74) is 15.0. The van der Waals surface area contributed by atoms with Crippen molar-refractivity contribution < 1.29 is 0 Å². The molecule has 0 unspecified atom stereocenters. The van der Waals surface area contributed by atoms with Crippen LogP contribution in [0.5, 0.6) is 0 Å². The molecule has 0 fully saturated rings. The highest BCUT2D eigenvalue weighted by Gasteiger charge is 2.44. The van der Waals surface area contributed by atoms with Crippen molar-refractivity contribution in [2.45, 2.75) is 41.5 Å². The Kier molecular flexibility index (Phi) is 8.20. The van der Waals surface area contributed by atoms with E-state index in [0.29, 0.717) is 0 Å². The van der Waals surface area contributed by atoms with Crippen LogP contribution in [0.15, 0.2) is 127 Å². The molecule has 0 aliphatic rings. The smallest absolute Gasteiger partial charge is 0.149 e. The van der Waals surface area contributed by atoms with Crippen LogP contribution >= 0.6 is 11.1 Å². The molecule has 218 valence electrons. The van der Waals surface area contributed by atoms with Crippen LogP contribution in [0, 0.1) is 41.5 Å². The molecule has 2 heteroatoms. The Bertz CT molecular complexity index is 1730. The molecule has 6 aromatic rings. The van der Waals surface area contributed by atoms with E-state index in [9.17, 15) is 0 Å². The maximum atomic E-state index is 8.69. The number of benzene rings is 6. The SMILES string of the molecule is Cc1ccc([Si](Cl)(c2ccc(C)c(C)c2-c2ccccc2)c2ccc(C)c(C)c2-c2ccccc2)c(-c2ccccc2)c1C. The Morgan fingerprint density at radius 2 is 0.591 bits per heavy atom. The zero-order valence-corrected chi connectivity index (χ0v) is 28.3. The third-order valence-corrected chi connectivity index (χ3v) is 14.8. The standard InChI is InChI=1S/C42H39ClSi/c1-28-22-25-37(40(31(28)4)34-16-10-7-11-17-34)44(43,38-26-23-29(2)32(5)41(38)35-18-12-8-13-19-35)39-27-24-30(3)33(6)42(39)36-20-14-9-15-21-36/h7-27H,1-6H3. The topological polar surface area (TPSA) is 0 Å². The Labute approximate surface area is 268 Å². The molecule has 0 saturated heterocycles. The molecule has 0 radical (unpaired) electrons. The van der Waals surface area contributed by atoms with Crippen molar-refractivity contribution in [3.05, 3.63) is 161 Å². The van der Waals surface area contributed by atoms with Crippen LogP contribution in [-0.2, 0) is 0 Å². The van der Waals surface area contributed by atoms with Gasteiger partial charge in [-0.2, -0.15) is 0 Å². The number of rotatable bonds is 6. The van der Waals surface area contributed by atoms with E-state index in [2.05, 4.69) is 169 Å². The molecule has 0 amide bonds. The quantitative estimate of drug-likeness (QED) is 0.101. The minimum absolute atomic E-state index is 1.21. The predicted molar refractivity (Wildman–Crippen MR) is 195 cm³/mol. The van der Waals surface area contributed by atoms with Crippen LogP contribution in [0.2, 0.25) is 0 Å². The summed E-state index contributed by atoms with van der Waals surface area (Å²) >= 11 is 8.69. The molecular weight excluding hydrogens is 568 g/mol. The third-order valence-electron chi connectivity index (χ3n) is 9.51. The van der Waals surface area contributed by atoms with E-state index in [-0.39, 0.29) is 0 Å². The second-order valence-corrected chi connectivity index (χ2v) is 16.7. The van der Waals surface area contributed by atoms with Crippen LogP contribution in [0.1, 0.15) is 33.4 Å². The minimum Gasteiger partial charge on any atom is -0.149 e. The van der Waals surface area contributed by atoms with Gasteiger partial charge in [-0.1, -0.05) is 127 Å². The molecule has 0 aliphatic heterocycles. The van der Waals surface area contributed by atoms with Gasteiger partial charge in [0.2, 0.25) is 7.38 Å². The van der Waals surface area contributed by atoms with Crippen molar-refractivity contribution in [2.75, 3.05) is 0 Å². The summed E-state index contributed by atoms with van der Waals surface area (Å²) in [5.74, 6) is 0. The first kappa shape index (κ1) is 29.9. The summed E-state index contributed by atoms with van der Waals surface area (Å²) in [5, 5.41) is 3.69. The van der Waals surface area contributed by atoms with Gasteiger partial charge in [-0.05, 0) is 124 Å². The number of halogens is 1. The first-order valence-corrected chi connectivity index (χ1v) is 18.4. The van der Waals surface area contributed by atoms with Crippen molar-refractivity contribution >= 4 is 34.0 Å². The zero-order chi connectivity index (χ0) is 31.0. The van der Waals surface area contributed by atoms with Gasteiger partial charge in [0.1, 0.15) is 0 Å². The molecule has 0 aromatic heterocycles.